The minimum atomic E-state index is -4.76. The second kappa shape index (κ2) is 8.71. The van der Waals surface area contributed by atoms with Crippen molar-refractivity contribution in [2.24, 2.45) is 10.2 Å². The Balaban J connectivity index is 1.94. The molecule has 3 rings (SSSR count). The van der Waals surface area contributed by atoms with Gasteiger partial charge in [0.15, 0.2) is 5.69 Å². The van der Waals surface area contributed by atoms with Gasteiger partial charge < -0.3 is 10.1 Å². The number of aromatic amines is 1. The molecule has 2 N–H and O–H groups in total. The van der Waals surface area contributed by atoms with Crippen LogP contribution in [0.1, 0.15) is 5.56 Å². The molecular formula is C18H13BrClF3N4O4S. The second-order valence-electron chi connectivity index (χ2n) is 6.54. The molecule has 2 aromatic carbocycles. The molecule has 0 aliphatic rings. The first-order valence-electron chi connectivity index (χ1n) is 8.56. The van der Waals surface area contributed by atoms with Crippen LogP contribution in [0.3, 0.4) is 0 Å². The van der Waals surface area contributed by atoms with Gasteiger partial charge in [-0.2, -0.15) is 13.2 Å². The van der Waals surface area contributed by atoms with E-state index in [0.717, 1.165) is 6.07 Å². The van der Waals surface area contributed by atoms with Crippen molar-refractivity contribution in [1.82, 2.24) is 4.98 Å². The predicted molar refractivity (Wildman–Crippen MR) is 116 cm³/mol. The van der Waals surface area contributed by atoms with Gasteiger partial charge in [0.2, 0.25) is 15.9 Å². The molecule has 32 heavy (non-hydrogen) atoms. The summed E-state index contributed by atoms with van der Waals surface area (Å²) in [4.78, 5) is 15.0. The van der Waals surface area contributed by atoms with Crippen molar-refractivity contribution in [3.8, 4) is 5.88 Å². The standard InChI is InChI=1S/C18H13BrClF3N4O4S/c1-32(30,31)27(14-6-9(18(21,22)23)2-4-12(14)20)8-15(28)25-26-16-11-7-10(19)3-5-13(11)24-17(16)29/h2-7,24,29H,8H2,1H3. The number of benzene rings is 2. The highest BCUT2D eigenvalue weighted by Gasteiger charge is 2.33. The number of hydrogen-bond acceptors (Lipinski definition) is 5. The first kappa shape index (κ1) is 24.0. The Morgan fingerprint density at radius 2 is 1.94 bits per heavy atom. The first-order chi connectivity index (χ1) is 14.8. The number of nitrogens with zero attached hydrogens (tertiary/aromatic N) is 3. The van der Waals surface area contributed by atoms with Gasteiger partial charge in [0, 0.05) is 9.86 Å². The van der Waals surface area contributed by atoms with Gasteiger partial charge in [-0.1, -0.05) is 27.5 Å². The fourth-order valence-corrected chi connectivity index (χ4v) is 4.24. The quantitative estimate of drug-likeness (QED) is 0.413. The lowest BCUT2D eigenvalue weighted by Crippen LogP contribution is -2.34. The summed E-state index contributed by atoms with van der Waals surface area (Å²) in [5.74, 6) is -1.48. The van der Waals surface area contributed by atoms with Crippen molar-refractivity contribution >= 4 is 65.7 Å². The third kappa shape index (κ3) is 5.22. The summed E-state index contributed by atoms with van der Waals surface area (Å²) >= 11 is 9.17. The van der Waals surface area contributed by atoms with Gasteiger partial charge in [-0.15, -0.1) is 10.2 Å². The third-order valence-corrected chi connectivity index (χ3v) is 6.14. The van der Waals surface area contributed by atoms with Gasteiger partial charge in [0.05, 0.1) is 28.0 Å². The number of rotatable bonds is 5. The van der Waals surface area contributed by atoms with Crippen LogP contribution in [0.5, 0.6) is 5.88 Å². The smallest absolute Gasteiger partial charge is 0.416 e. The fraction of sp³-hybridized carbons (Fsp3) is 0.167. The van der Waals surface area contributed by atoms with E-state index in [1.54, 1.807) is 18.2 Å². The molecule has 1 amide bonds. The topological polar surface area (TPSA) is 115 Å². The summed E-state index contributed by atoms with van der Waals surface area (Å²) in [6.45, 7) is -0.962. The molecule has 0 unspecified atom stereocenters. The van der Waals surface area contributed by atoms with Crippen LogP contribution < -0.4 is 4.31 Å². The Morgan fingerprint density at radius 1 is 1.25 bits per heavy atom. The lowest BCUT2D eigenvalue weighted by molar-refractivity contribution is -0.137. The van der Waals surface area contributed by atoms with Crippen LogP contribution in [0.4, 0.5) is 24.5 Å². The zero-order chi connectivity index (χ0) is 23.8. The minimum absolute atomic E-state index is 0.0716. The Kier molecular flexibility index (Phi) is 6.54. The number of aromatic nitrogens is 1. The number of fused-ring (bicyclic) bond motifs is 1. The van der Waals surface area contributed by atoms with Crippen LogP contribution in [-0.4, -0.2) is 37.2 Å². The number of halogens is 5. The number of amides is 1. The van der Waals surface area contributed by atoms with Crippen LogP contribution in [0.2, 0.25) is 5.02 Å². The van der Waals surface area contributed by atoms with Gasteiger partial charge in [-0.25, -0.2) is 8.42 Å². The van der Waals surface area contributed by atoms with Crippen molar-refractivity contribution < 1.29 is 31.5 Å². The normalized spacial score (nSPS) is 12.6. The maximum Gasteiger partial charge on any atom is 0.416 e. The molecule has 0 fully saturated rings. The Labute approximate surface area is 192 Å². The van der Waals surface area contributed by atoms with Gasteiger partial charge in [0.1, 0.15) is 6.54 Å². The number of H-pyrrole nitrogens is 1. The lowest BCUT2D eigenvalue weighted by atomic mass is 10.2. The second-order valence-corrected chi connectivity index (χ2v) is 9.77. The molecule has 0 radical (unpaired) electrons. The van der Waals surface area contributed by atoms with Crippen molar-refractivity contribution in [1.29, 1.82) is 0 Å². The molecule has 0 saturated carbocycles. The van der Waals surface area contributed by atoms with E-state index >= 15 is 0 Å². The fourth-order valence-electron chi connectivity index (χ4n) is 2.76. The van der Waals surface area contributed by atoms with Crippen LogP contribution in [-0.2, 0) is 21.0 Å². The maximum atomic E-state index is 13.1. The Hall–Kier alpha value is -2.64. The highest BCUT2D eigenvalue weighted by Crippen LogP contribution is 2.38. The van der Waals surface area contributed by atoms with E-state index in [0.29, 0.717) is 38.1 Å². The number of carbonyl (C=O) groups is 1. The average Bonchev–Trinajstić information content (AvgIpc) is 2.97. The number of azo groups is 1. The summed E-state index contributed by atoms with van der Waals surface area (Å²) in [5.41, 5.74) is -1.25. The molecule has 0 aliphatic heterocycles. The number of carbonyl (C=O) groups excluding carboxylic acids is 1. The number of sulfonamides is 1. The molecule has 0 saturated heterocycles. The molecule has 0 spiro atoms. The van der Waals surface area contributed by atoms with Crippen molar-refractivity contribution in [3.63, 3.8) is 0 Å². The maximum absolute atomic E-state index is 13.1. The molecule has 170 valence electrons. The third-order valence-electron chi connectivity index (χ3n) is 4.20. The summed E-state index contributed by atoms with van der Waals surface area (Å²) in [5, 5.41) is 17.2. The number of hydrogen-bond donors (Lipinski definition) is 2. The number of anilines is 1. The van der Waals surface area contributed by atoms with E-state index in [-0.39, 0.29) is 16.6 Å². The number of aromatic hydroxyl groups is 1. The largest absolute Gasteiger partial charge is 0.493 e. The summed E-state index contributed by atoms with van der Waals surface area (Å²) in [6, 6.07) is 7.04. The highest BCUT2D eigenvalue weighted by molar-refractivity contribution is 9.10. The van der Waals surface area contributed by atoms with Gasteiger partial charge in [0.25, 0.3) is 5.91 Å². The van der Waals surface area contributed by atoms with E-state index in [4.69, 9.17) is 11.6 Å². The van der Waals surface area contributed by atoms with Crippen LogP contribution in [0, 0.1) is 0 Å². The Bertz CT molecular complexity index is 1340. The Morgan fingerprint density at radius 3 is 2.56 bits per heavy atom. The molecule has 0 atom stereocenters. The number of nitrogens with one attached hydrogen (secondary N) is 1. The SMILES string of the molecule is CS(=O)(=O)N(CC(=O)N=Nc1c(O)[nH]c2ccc(Br)cc12)c1cc(C(F)(F)F)ccc1Cl. The molecule has 8 nitrogen and oxygen atoms in total. The van der Waals surface area contributed by atoms with Crippen LogP contribution in [0.15, 0.2) is 51.1 Å². The molecule has 0 aliphatic carbocycles. The monoisotopic (exact) mass is 552 g/mol. The zero-order valence-corrected chi connectivity index (χ0v) is 19.1. The van der Waals surface area contributed by atoms with Crippen LogP contribution in [0.25, 0.3) is 10.9 Å². The minimum Gasteiger partial charge on any atom is -0.493 e. The van der Waals surface area contributed by atoms with E-state index in [2.05, 4.69) is 31.1 Å². The van der Waals surface area contributed by atoms with E-state index in [9.17, 15) is 31.5 Å². The molecule has 1 aromatic heterocycles. The lowest BCUT2D eigenvalue weighted by Gasteiger charge is -2.22. The van der Waals surface area contributed by atoms with Crippen molar-refractivity contribution in [2.75, 3.05) is 17.1 Å². The van der Waals surface area contributed by atoms with Gasteiger partial charge in [-0.3, -0.25) is 9.10 Å². The van der Waals surface area contributed by atoms with Crippen molar-refractivity contribution in [3.05, 3.63) is 51.5 Å². The highest BCUT2D eigenvalue weighted by atomic mass is 79.9. The predicted octanol–water partition coefficient (Wildman–Crippen LogP) is 5.38. The first-order valence-corrected chi connectivity index (χ1v) is 11.6. The van der Waals surface area contributed by atoms with Gasteiger partial charge in [-0.05, 0) is 36.4 Å². The van der Waals surface area contributed by atoms with E-state index in [1.807, 2.05) is 0 Å². The van der Waals surface area contributed by atoms with E-state index < -0.39 is 39.9 Å². The zero-order valence-electron chi connectivity index (χ0n) is 16.0. The van der Waals surface area contributed by atoms with E-state index in [1.165, 1.54) is 0 Å². The van der Waals surface area contributed by atoms with Crippen LogP contribution >= 0.6 is 27.5 Å². The molecule has 14 heteroatoms. The molecule has 0 bridgehead atoms. The van der Waals surface area contributed by atoms with Crippen molar-refractivity contribution in [2.45, 2.75) is 6.18 Å². The van der Waals surface area contributed by atoms with Gasteiger partial charge >= 0.3 is 6.18 Å². The molecule has 1 heterocycles. The summed E-state index contributed by atoms with van der Waals surface area (Å²) in [7, 11) is -4.22. The average molecular weight is 554 g/mol. The molecular weight excluding hydrogens is 541 g/mol. The summed E-state index contributed by atoms with van der Waals surface area (Å²) in [6.07, 6.45) is -4.05. The summed E-state index contributed by atoms with van der Waals surface area (Å²) < 4.78 is 64.6. The molecule has 3 aromatic rings. The number of alkyl halides is 3.